The Kier molecular flexibility index (Phi) is 6.72. The molecule has 1 aromatic carbocycles. The van der Waals surface area contributed by atoms with Crippen LogP contribution in [0.15, 0.2) is 36.7 Å². The summed E-state index contributed by atoms with van der Waals surface area (Å²) >= 11 is 0. The molecule has 31 heavy (non-hydrogen) atoms. The third-order valence-corrected chi connectivity index (χ3v) is 7.61. The van der Waals surface area contributed by atoms with E-state index in [0.29, 0.717) is 6.10 Å². The number of piperidine rings is 1. The Hall–Kier alpha value is -1.69. The molecular formula is C26H38N4O. The first kappa shape index (κ1) is 21.2. The Labute approximate surface area is 187 Å². The van der Waals surface area contributed by atoms with Crippen molar-refractivity contribution >= 4 is 0 Å². The smallest absolute Gasteiger partial charge is 0.0702 e. The Morgan fingerprint density at radius 1 is 1.06 bits per heavy atom. The quantitative estimate of drug-likeness (QED) is 0.649. The van der Waals surface area contributed by atoms with E-state index in [-0.39, 0.29) is 0 Å². The Morgan fingerprint density at radius 2 is 1.84 bits per heavy atom. The Balaban J connectivity index is 1.15. The fraction of sp³-hybridized carbons (Fsp3) is 0.654. The summed E-state index contributed by atoms with van der Waals surface area (Å²) in [4.78, 5) is 5.42. The van der Waals surface area contributed by atoms with Crippen LogP contribution in [0.25, 0.3) is 0 Å². The van der Waals surface area contributed by atoms with Crippen molar-refractivity contribution in [3.8, 4) is 0 Å². The second-order valence-corrected chi connectivity index (χ2v) is 9.84. The molecule has 2 aromatic rings. The molecule has 2 aliphatic heterocycles. The van der Waals surface area contributed by atoms with Crippen molar-refractivity contribution in [1.82, 2.24) is 19.6 Å². The fourth-order valence-electron chi connectivity index (χ4n) is 5.86. The fourth-order valence-corrected chi connectivity index (χ4v) is 5.86. The lowest BCUT2D eigenvalue weighted by atomic mass is 9.94. The van der Waals surface area contributed by atoms with Gasteiger partial charge in [0.05, 0.1) is 12.3 Å². The van der Waals surface area contributed by atoms with Crippen LogP contribution >= 0.6 is 0 Å². The molecule has 5 rings (SSSR count). The van der Waals surface area contributed by atoms with Crippen LogP contribution in [-0.4, -0.2) is 64.5 Å². The molecule has 0 bridgehead atoms. The number of hydrogen-bond donors (Lipinski definition) is 0. The zero-order chi connectivity index (χ0) is 21.0. The van der Waals surface area contributed by atoms with E-state index in [1.165, 1.54) is 63.7 Å². The lowest BCUT2D eigenvalue weighted by molar-refractivity contribution is 0.0541. The van der Waals surface area contributed by atoms with Crippen molar-refractivity contribution in [2.24, 2.45) is 5.92 Å². The van der Waals surface area contributed by atoms with Gasteiger partial charge in [0.25, 0.3) is 0 Å². The Morgan fingerprint density at radius 3 is 2.48 bits per heavy atom. The first-order chi connectivity index (χ1) is 15.3. The number of aromatic nitrogens is 2. The van der Waals surface area contributed by atoms with E-state index in [4.69, 9.17) is 4.74 Å². The number of hydrogen-bond acceptors (Lipinski definition) is 4. The number of ether oxygens (including phenoxy) is 1. The molecule has 5 nitrogen and oxygen atoms in total. The number of aryl methyl sites for hydroxylation is 1. The van der Waals surface area contributed by atoms with Crippen LogP contribution in [0.2, 0.25) is 0 Å². The van der Waals surface area contributed by atoms with Crippen LogP contribution in [0.4, 0.5) is 0 Å². The molecule has 3 heterocycles. The summed E-state index contributed by atoms with van der Waals surface area (Å²) in [7, 11) is 0. The van der Waals surface area contributed by atoms with Crippen LogP contribution in [0.5, 0.6) is 0 Å². The van der Waals surface area contributed by atoms with E-state index < -0.39 is 0 Å². The molecule has 0 saturated carbocycles. The largest absolute Gasteiger partial charge is 0.377 e. The van der Waals surface area contributed by atoms with Crippen molar-refractivity contribution in [2.75, 3.05) is 32.8 Å². The number of fused-ring (bicyclic) bond motifs is 1. The molecule has 168 valence electrons. The van der Waals surface area contributed by atoms with E-state index in [1.807, 2.05) is 10.9 Å². The topological polar surface area (TPSA) is 33.5 Å². The maximum absolute atomic E-state index is 5.98. The highest BCUT2D eigenvalue weighted by atomic mass is 16.5. The molecule has 1 atom stereocenters. The van der Waals surface area contributed by atoms with E-state index in [9.17, 15) is 0 Å². The number of nitrogens with zero attached hydrogens (tertiary/aromatic N) is 4. The van der Waals surface area contributed by atoms with Gasteiger partial charge in [-0.3, -0.25) is 14.5 Å². The molecule has 5 heteroatoms. The van der Waals surface area contributed by atoms with Gasteiger partial charge in [0.1, 0.15) is 0 Å². The molecular weight excluding hydrogens is 384 g/mol. The van der Waals surface area contributed by atoms with Gasteiger partial charge in [-0.25, -0.2) is 0 Å². The van der Waals surface area contributed by atoms with Crippen LogP contribution in [0, 0.1) is 5.92 Å². The van der Waals surface area contributed by atoms with Crippen LogP contribution < -0.4 is 0 Å². The number of likely N-dealkylation sites (tertiary alicyclic amines) is 1. The summed E-state index contributed by atoms with van der Waals surface area (Å²) in [5.74, 6) is 0.794. The molecule has 1 aromatic heterocycles. The second-order valence-electron chi connectivity index (χ2n) is 9.84. The zero-order valence-corrected chi connectivity index (χ0v) is 19.1. The highest BCUT2D eigenvalue weighted by Crippen LogP contribution is 2.29. The van der Waals surface area contributed by atoms with Crippen molar-refractivity contribution in [1.29, 1.82) is 0 Å². The molecule has 0 radical (unpaired) electrons. The van der Waals surface area contributed by atoms with Crippen molar-refractivity contribution < 1.29 is 4.74 Å². The standard InChI is InChI=1S/C26H38N4O/c1-2-30-19-22(16-27-30)18-28(20-26-8-5-13-31-26)17-21-9-11-29(12-10-21)25-14-23-6-3-4-7-24(23)15-25/h3-4,6-7,16,19,21,25-26H,2,5,8-15,17-18,20H2,1H3/t26-/m1/s1. The van der Waals surface area contributed by atoms with Crippen LogP contribution in [0.3, 0.4) is 0 Å². The van der Waals surface area contributed by atoms with Gasteiger partial charge in [0, 0.05) is 50.6 Å². The van der Waals surface area contributed by atoms with Gasteiger partial charge in [-0.1, -0.05) is 24.3 Å². The van der Waals surface area contributed by atoms with Gasteiger partial charge < -0.3 is 4.74 Å². The summed E-state index contributed by atoms with van der Waals surface area (Å²) in [5, 5.41) is 4.49. The van der Waals surface area contributed by atoms with Crippen molar-refractivity contribution in [3.63, 3.8) is 0 Å². The predicted octanol–water partition coefficient (Wildman–Crippen LogP) is 3.76. The van der Waals surface area contributed by atoms with Gasteiger partial charge in [-0.15, -0.1) is 0 Å². The first-order valence-corrected chi connectivity index (χ1v) is 12.4. The molecule has 2 fully saturated rings. The van der Waals surface area contributed by atoms with E-state index in [1.54, 1.807) is 11.1 Å². The molecule has 0 N–H and O–H groups in total. The second kappa shape index (κ2) is 9.85. The highest BCUT2D eigenvalue weighted by molar-refractivity contribution is 5.33. The Bertz CT molecular complexity index is 810. The van der Waals surface area contributed by atoms with E-state index in [2.05, 4.69) is 52.3 Å². The summed E-state index contributed by atoms with van der Waals surface area (Å²) in [5.41, 5.74) is 4.48. The van der Waals surface area contributed by atoms with Crippen LogP contribution in [0.1, 0.15) is 49.3 Å². The molecule has 2 saturated heterocycles. The van der Waals surface area contributed by atoms with Crippen molar-refractivity contribution in [2.45, 2.75) is 70.7 Å². The number of rotatable bonds is 8. The first-order valence-electron chi connectivity index (χ1n) is 12.4. The zero-order valence-electron chi connectivity index (χ0n) is 19.1. The average molecular weight is 423 g/mol. The van der Waals surface area contributed by atoms with Gasteiger partial charge >= 0.3 is 0 Å². The molecule has 0 spiro atoms. The third-order valence-electron chi connectivity index (χ3n) is 7.61. The minimum atomic E-state index is 0.415. The van der Waals surface area contributed by atoms with Gasteiger partial charge in [0.2, 0.25) is 0 Å². The third kappa shape index (κ3) is 5.21. The summed E-state index contributed by atoms with van der Waals surface area (Å²) in [6, 6.07) is 9.76. The molecule has 3 aliphatic rings. The lowest BCUT2D eigenvalue weighted by Crippen LogP contribution is -2.44. The lowest BCUT2D eigenvalue weighted by Gasteiger charge is -2.38. The van der Waals surface area contributed by atoms with Gasteiger partial charge in [-0.05, 0) is 75.6 Å². The van der Waals surface area contributed by atoms with E-state index >= 15 is 0 Å². The normalized spacial score (nSPS) is 23.1. The highest BCUT2D eigenvalue weighted by Gasteiger charge is 2.31. The molecule has 0 unspecified atom stereocenters. The maximum Gasteiger partial charge on any atom is 0.0702 e. The summed E-state index contributed by atoms with van der Waals surface area (Å²) < 4.78 is 8.02. The summed E-state index contributed by atoms with van der Waals surface area (Å²) in [6.45, 7) is 9.79. The number of benzene rings is 1. The predicted molar refractivity (Wildman–Crippen MR) is 124 cm³/mol. The van der Waals surface area contributed by atoms with Crippen LogP contribution in [-0.2, 0) is 30.7 Å². The van der Waals surface area contributed by atoms with Crippen molar-refractivity contribution in [3.05, 3.63) is 53.3 Å². The minimum absolute atomic E-state index is 0.415. The molecule has 0 amide bonds. The summed E-state index contributed by atoms with van der Waals surface area (Å²) in [6.07, 6.45) is 12.2. The maximum atomic E-state index is 5.98. The average Bonchev–Trinajstić information content (AvgIpc) is 3.55. The molecule has 1 aliphatic carbocycles. The van der Waals surface area contributed by atoms with Gasteiger partial charge in [0.15, 0.2) is 0 Å². The minimum Gasteiger partial charge on any atom is -0.377 e. The monoisotopic (exact) mass is 422 g/mol. The SMILES string of the molecule is CCn1cc(CN(CC2CCN(C3Cc4ccccc4C3)CC2)C[C@H]2CCCO2)cn1. The van der Waals surface area contributed by atoms with E-state index in [0.717, 1.165) is 38.2 Å². The van der Waals surface area contributed by atoms with Gasteiger partial charge in [-0.2, -0.15) is 5.10 Å².